The van der Waals surface area contributed by atoms with Gasteiger partial charge in [0.15, 0.2) is 14.0 Å². The number of aromatic amines is 1. The summed E-state index contributed by atoms with van der Waals surface area (Å²) >= 11 is 5.96. The summed E-state index contributed by atoms with van der Waals surface area (Å²) in [4.78, 5) is 16.6. The van der Waals surface area contributed by atoms with E-state index in [4.69, 9.17) is 16.0 Å². The lowest BCUT2D eigenvalue weighted by atomic mass is 10.1. The van der Waals surface area contributed by atoms with Gasteiger partial charge in [-0.05, 0) is 53.3 Å². The van der Waals surface area contributed by atoms with Crippen LogP contribution in [0.2, 0.25) is 23.3 Å². The molecule has 0 aliphatic rings. The fourth-order valence-corrected chi connectivity index (χ4v) is 4.14. The van der Waals surface area contributed by atoms with Crippen LogP contribution in [-0.2, 0) is 17.6 Å². The van der Waals surface area contributed by atoms with Gasteiger partial charge in [0.25, 0.3) is 0 Å². The molecule has 4 rings (SSSR count). The van der Waals surface area contributed by atoms with Crippen LogP contribution in [0.15, 0.2) is 42.6 Å². The quantitative estimate of drug-likeness (QED) is 0.265. The SMILES string of the molecule is CC(C)(C)[Si](C)(C)OCc1cc2ccc(CNc3cnc4ccc(Cl)nc4n3)cc2[nH]1. The first-order chi connectivity index (χ1) is 14.6. The summed E-state index contributed by atoms with van der Waals surface area (Å²) in [6.45, 7) is 12.6. The third kappa shape index (κ3) is 4.89. The van der Waals surface area contributed by atoms with Gasteiger partial charge in [-0.1, -0.05) is 44.5 Å². The second-order valence-electron chi connectivity index (χ2n) is 9.35. The van der Waals surface area contributed by atoms with Gasteiger partial charge >= 0.3 is 0 Å². The van der Waals surface area contributed by atoms with Gasteiger partial charge in [0.2, 0.25) is 0 Å². The van der Waals surface area contributed by atoms with E-state index in [0.717, 1.165) is 22.3 Å². The zero-order valence-electron chi connectivity index (χ0n) is 18.6. The van der Waals surface area contributed by atoms with E-state index in [1.54, 1.807) is 12.3 Å². The molecule has 0 spiro atoms. The summed E-state index contributed by atoms with van der Waals surface area (Å²) in [5.41, 5.74) is 4.60. The van der Waals surface area contributed by atoms with Gasteiger partial charge in [-0.15, -0.1) is 0 Å². The largest absolute Gasteiger partial charge is 0.411 e. The predicted octanol–water partition coefficient (Wildman–Crippen LogP) is 6.29. The van der Waals surface area contributed by atoms with Crippen LogP contribution in [0.5, 0.6) is 0 Å². The summed E-state index contributed by atoms with van der Waals surface area (Å²) in [6.07, 6.45) is 1.71. The molecule has 4 aromatic rings. The first kappa shape index (κ1) is 21.7. The molecule has 162 valence electrons. The summed E-state index contributed by atoms with van der Waals surface area (Å²) in [6, 6.07) is 12.1. The maximum Gasteiger partial charge on any atom is 0.192 e. The van der Waals surface area contributed by atoms with Crippen LogP contribution in [0.25, 0.3) is 22.1 Å². The van der Waals surface area contributed by atoms with E-state index < -0.39 is 8.32 Å². The van der Waals surface area contributed by atoms with Crippen LogP contribution >= 0.6 is 11.6 Å². The van der Waals surface area contributed by atoms with Crippen molar-refractivity contribution >= 4 is 47.8 Å². The molecule has 0 atom stereocenters. The highest BCUT2D eigenvalue weighted by molar-refractivity contribution is 6.74. The normalized spacial score (nSPS) is 12.6. The van der Waals surface area contributed by atoms with Crippen LogP contribution in [0, 0.1) is 0 Å². The van der Waals surface area contributed by atoms with Crippen molar-refractivity contribution in [3.8, 4) is 0 Å². The first-order valence-electron chi connectivity index (χ1n) is 10.4. The lowest BCUT2D eigenvalue weighted by Crippen LogP contribution is -2.40. The molecular formula is C23H28ClN5OSi. The van der Waals surface area contributed by atoms with E-state index >= 15 is 0 Å². The number of hydrogen-bond donors (Lipinski definition) is 2. The number of H-pyrrole nitrogens is 1. The molecule has 8 heteroatoms. The summed E-state index contributed by atoms with van der Waals surface area (Å²) in [5.74, 6) is 0.664. The topological polar surface area (TPSA) is 75.7 Å². The summed E-state index contributed by atoms with van der Waals surface area (Å²) in [7, 11) is -1.78. The van der Waals surface area contributed by atoms with E-state index in [9.17, 15) is 0 Å². The van der Waals surface area contributed by atoms with Crippen LogP contribution in [0.4, 0.5) is 5.82 Å². The van der Waals surface area contributed by atoms with Crippen molar-refractivity contribution in [1.29, 1.82) is 0 Å². The number of pyridine rings is 1. The van der Waals surface area contributed by atoms with Crippen molar-refractivity contribution in [3.05, 3.63) is 59.0 Å². The number of aromatic nitrogens is 4. The third-order valence-corrected chi connectivity index (χ3v) is 10.7. The molecule has 1 aromatic carbocycles. The van der Waals surface area contributed by atoms with E-state index in [2.05, 4.69) is 83.4 Å². The number of rotatable bonds is 6. The molecule has 0 saturated heterocycles. The Bertz CT molecular complexity index is 1230. The fourth-order valence-electron chi connectivity index (χ4n) is 3.05. The Kier molecular flexibility index (Phi) is 5.76. The molecule has 0 saturated carbocycles. The van der Waals surface area contributed by atoms with Gasteiger partial charge in [-0.3, -0.25) is 0 Å². The highest BCUT2D eigenvalue weighted by Gasteiger charge is 2.37. The molecule has 3 aromatic heterocycles. The van der Waals surface area contributed by atoms with E-state index in [1.165, 1.54) is 5.39 Å². The molecule has 3 heterocycles. The maximum atomic E-state index is 6.35. The standard InChI is InChI=1S/C23H28ClN5OSi/c1-23(2,3)31(4,5)30-14-17-11-16-7-6-15(10-19(16)27-17)12-26-21-13-25-18-8-9-20(24)28-22(18)29-21/h6-11,13,27H,12,14H2,1-5H3,(H,26,28,29). The molecular weight excluding hydrogens is 426 g/mol. The van der Waals surface area contributed by atoms with E-state index in [0.29, 0.717) is 29.8 Å². The number of halogens is 1. The van der Waals surface area contributed by atoms with Gasteiger partial charge in [0.1, 0.15) is 16.5 Å². The molecule has 0 bridgehead atoms. The van der Waals surface area contributed by atoms with Gasteiger partial charge in [0, 0.05) is 17.8 Å². The Morgan fingerprint density at radius 1 is 1.10 bits per heavy atom. The van der Waals surface area contributed by atoms with Crippen molar-refractivity contribution in [1.82, 2.24) is 19.9 Å². The van der Waals surface area contributed by atoms with Gasteiger partial charge in [-0.25, -0.2) is 15.0 Å². The average molecular weight is 454 g/mol. The number of nitrogens with one attached hydrogen (secondary N) is 2. The monoisotopic (exact) mass is 453 g/mol. The number of anilines is 1. The second kappa shape index (κ2) is 8.22. The third-order valence-electron chi connectivity index (χ3n) is 5.98. The number of fused-ring (bicyclic) bond motifs is 2. The number of nitrogens with zero attached hydrogens (tertiary/aromatic N) is 3. The van der Waals surface area contributed by atoms with Crippen LogP contribution in [0.3, 0.4) is 0 Å². The summed E-state index contributed by atoms with van der Waals surface area (Å²) in [5, 5.41) is 5.10. The second-order valence-corrected chi connectivity index (χ2v) is 14.5. The zero-order valence-corrected chi connectivity index (χ0v) is 20.3. The maximum absolute atomic E-state index is 6.35. The molecule has 0 aliphatic heterocycles. The fraction of sp³-hybridized carbons (Fsp3) is 0.348. The molecule has 6 nitrogen and oxygen atoms in total. The van der Waals surface area contributed by atoms with Crippen LogP contribution < -0.4 is 5.32 Å². The van der Waals surface area contributed by atoms with Crippen molar-refractivity contribution in [2.75, 3.05) is 5.32 Å². The minimum atomic E-state index is -1.78. The Balaban J connectivity index is 1.45. The number of hydrogen-bond acceptors (Lipinski definition) is 5. The molecule has 0 amide bonds. The van der Waals surface area contributed by atoms with Crippen molar-refractivity contribution in [2.45, 2.75) is 52.1 Å². The minimum Gasteiger partial charge on any atom is -0.411 e. The lowest BCUT2D eigenvalue weighted by molar-refractivity contribution is 0.273. The Hall–Kier alpha value is -2.48. The minimum absolute atomic E-state index is 0.199. The smallest absolute Gasteiger partial charge is 0.192 e. The molecule has 0 unspecified atom stereocenters. The Morgan fingerprint density at radius 2 is 1.90 bits per heavy atom. The van der Waals surface area contributed by atoms with Gasteiger partial charge < -0.3 is 14.7 Å². The lowest BCUT2D eigenvalue weighted by Gasteiger charge is -2.36. The van der Waals surface area contributed by atoms with Gasteiger partial charge in [-0.2, -0.15) is 0 Å². The Labute approximate surface area is 188 Å². The van der Waals surface area contributed by atoms with Gasteiger partial charge in [0.05, 0.1) is 12.8 Å². The van der Waals surface area contributed by atoms with Crippen molar-refractivity contribution in [3.63, 3.8) is 0 Å². The van der Waals surface area contributed by atoms with Crippen LogP contribution in [-0.4, -0.2) is 28.3 Å². The predicted molar refractivity (Wildman–Crippen MR) is 130 cm³/mol. The molecule has 2 N–H and O–H groups in total. The molecule has 0 radical (unpaired) electrons. The van der Waals surface area contributed by atoms with E-state index in [1.807, 2.05) is 6.07 Å². The zero-order chi connectivity index (χ0) is 22.2. The highest BCUT2D eigenvalue weighted by atomic mass is 35.5. The number of benzene rings is 1. The Morgan fingerprint density at radius 3 is 2.68 bits per heavy atom. The highest BCUT2D eigenvalue weighted by Crippen LogP contribution is 2.37. The summed E-state index contributed by atoms with van der Waals surface area (Å²) < 4.78 is 6.35. The van der Waals surface area contributed by atoms with Crippen molar-refractivity contribution < 1.29 is 4.43 Å². The molecule has 0 fully saturated rings. The van der Waals surface area contributed by atoms with Crippen molar-refractivity contribution in [2.24, 2.45) is 0 Å². The molecule has 31 heavy (non-hydrogen) atoms. The molecule has 0 aliphatic carbocycles. The van der Waals surface area contributed by atoms with E-state index in [-0.39, 0.29) is 5.04 Å². The first-order valence-corrected chi connectivity index (χ1v) is 13.7. The van der Waals surface area contributed by atoms with Crippen LogP contribution in [0.1, 0.15) is 32.0 Å². The average Bonchev–Trinajstić information content (AvgIpc) is 3.12.